The summed E-state index contributed by atoms with van der Waals surface area (Å²) in [5, 5.41) is 2.69. The van der Waals surface area contributed by atoms with Crippen LogP contribution in [0.5, 0.6) is 5.75 Å². The minimum atomic E-state index is -1.43. The first-order chi connectivity index (χ1) is 16.0. The van der Waals surface area contributed by atoms with Crippen LogP contribution < -0.4 is 10.1 Å². The van der Waals surface area contributed by atoms with E-state index in [1.165, 1.54) is 19.2 Å². The number of ether oxygens (including phenoxy) is 3. The molecule has 0 spiro atoms. The van der Waals surface area contributed by atoms with Gasteiger partial charge in [-0.05, 0) is 18.2 Å². The minimum Gasteiger partial charge on any atom is -0.495 e. The van der Waals surface area contributed by atoms with Gasteiger partial charge in [-0.25, -0.2) is 9.59 Å². The first-order valence-electron chi connectivity index (χ1n) is 9.90. The van der Waals surface area contributed by atoms with E-state index in [9.17, 15) is 14.4 Å². The summed E-state index contributed by atoms with van der Waals surface area (Å²) in [5.41, 5.74) is 1.15. The van der Waals surface area contributed by atoms with Crippen molar-refractivity contribution in [2.75, 3.05) is 12.4 Å². The van der Waals surface area contributed by atoms with Gasteiger partial charge in [-0.3, -0.25) is 4.79 Å². The number of hydrogen-bond donors (Lipinski definition) is 1. The normalized spacial score (nSPS) is 15.1. The molecule has 0 aliphatic carbocycles. The Kier molecular flexibility index (Phi) is 6.42. The zero-order chi connectivity index (χ0) is 23.4. The number of cyclic esters (lactones) is 1. The van der Waals surface area contributed by atoms with Crippen LogP contribution in [-0.4, -0.2) is 31.1 Å². The van der Waals surface area contributed by atoms with E-state index in [0.29, 0.717) is 17.0 Å². The first-order valence-corrected chi connectivity index (χ1v) is 10.3. The highest BCUT2D eigenvalue weighted by atomic mass is 35.5. The number of methoxy groups -OCH3 is 1. The quantitative estimate of drug-likeness (QED) is 0.406. The van der Waals surface area contributed by atoms with Gasteiger partial charge in [-0.1, -0.05) is 72.3 Å². The maximum Gasteiger partial charge on any atom is 0.355 e. The second-order valence-electron chi connectivity index (χ2n) is 6.94. The number of halogens is 1. The van der Waals surface area contributed by atoms with Crippen molar-refractivity contribution in [2.45, 2.75) is 6.29 Å². The lowest BCUT2D eigenvalue weighted by molar-refractivity contribution is -0.152. The highest BCUT2D eigenvalue weighted by molar-refractivity contribution is 6.42. The monoisotopic (exact) mass is 463 g/mol. The van der Waals surface area contributed by atoms with Crippen molar-refractivity contribution >= 4 is 35.0 Å². The predicted octanol–water partition coefficient (Wildman–Crippen LogP) is 4.53. The molecule has 1 unspecified atom stereocenters. The van der Waals surface area contributed by atoms with Gasteiger partial charge >= 0.3 is 11.9 Å². The summed E-state index contributed by atoms with van der Waals surface area (Å²) in [6, 6.07) is 21.7. The number of nitrogens with one attached hydrogen (secondary N) is 1. The summed E-state index contributed by atoms with van der Waals surface area (Å²) in [6.45, 7) is 0. The molecule has 1 aliphatic heterocycles. The Hall–Kier alpha value is -4.10. The van der Waals surface area contributed by atoms with E-state index in [1.54, 1.807) is 66.7 Å². The zero-order valence-corrected chi connectivity index (χ0v) is 18.2. The fourth-order valence-electron chi connectivity index (χ4n) is 3.28. The van der Waals surface area contributed by atoms with Gasteiger partial charge in [-0.15, -0.1) is 0 Å². The molecule has 1 aliphatic rings. The minimum absolute atomic E-state index is 0.0297. The number of carbonyl (C=O) groups is 3. The average Bonchev–Trinajstić information content (AvgIpc) is 3.11. The lowest BCUT2D eigenvalue weighted by Crippen LogP contribution is -2.25. The third kappa shape index (κ3) is 4.58. The molecule has 1 N–H and O–H groups in total. The summed E-state index contributed by atoms with van der Waals surface area (Å²) in [4.78, 5) is 38.0. The molecule has 4 rings (SSSR count). The van der Waals surface area contributed by atoms with Crippen LogP contribution in [0, 0.1) is 0 Å². The number of ketones is 1. The van der Waals surface area contributed by atoms with Crippen molar-refractivity contribution in [3.8, 4) is 5.75 Å². The van der Waals surface area contributed by atoms with Crippen molar-refractivity contribution in [1.29, 1.82) is 0 Å². The molecule has 33 heavy (non-hydrogen) atoms. The van der Waals surface area contributed by atoms with Crippen molar-refractivity contribution in [3.05, 3.63) is 106 Å². The summed E-state index contributed by atoms with van der Waals surface area (Å²) < 4.78 is 15.9. The zero-order valence-electron chi connectivity index (χ0n) is 17.4. The molecule has 3 aromatic carbocycles. The van der Waals surface area contributed by atoms with E-state index < -0.39 is 18.2 Å². The van der Waals surface area contributed by atoms with E-state index in [2.05, 4.69) is 5.32 Å². The average molecular weight is 464 g/mol. The molecule has 3 aromatic rings. The fourth-order valence-corrected chi connectivity index (χ4v) is 3.46. The third-order valence-corrected chi connectivity index (χ3v) is 5.24. The van der Waals surface area contributed by atoms with Crippen LogP contribution in [0.25, 0.3) is 0 Å². The topological polar surface area (TPSA) is 90.9 Å². The Labute approximate surface area is 194 Å². The third-order valence-electron chi connectivity index (χ3n) is 4.88. The Balaban J connectivity index is 1.60. The van der Waals surface area contributed by atoms with E-state index in [0.717, 1.165) is 0 Å². The van der Waals surface area contributed by atoms with Gasteiger partial charge in [-0.2, -0.15) is 0 Å². The molecule has 1 atom stereocenters. The van der Waals surface area contributed by atoms with Crippen LogP contribution in [0.15, 0.2) is 89.6 Å². The lowest BCUT2D eigenvalue weighted by Gasteiger charge is -2.18. The molecule has 0 bridgehead atoms. The maximum absolute atomic E-state index is 13.0. The number of esters is 2. The molecular weight excluding hydrogens is 446 g/mol. The number of benzene rings is 3. The number of hydrogen-bond acceptors (Lipinski definition) is 7. The van der Waals surface area contributed by atoms with E-state index >= 15 is 0 Å². The summed E-state index contributed by atoms with van der Waals surface area (Å²) >= 11 is 6.12. The Morgan fingerprint density at radius 1 is 0.909 bits per heavy atom. The largest absolute Gasteiger partial charge is 0.495 e. The Morgan fingerprint density at radius 3 is 2.27 bits per heavy atom. The van der Waals surface area contributed by atoms with Crippen LogP contribution in [0.2, 0.25) is 0 Å². The molecule has 0 radical (unpaired) electrons. The van der Waals surface area contributed by atoms with E-state index in [4.69, 9.17) is 25.8 Å². The highest BCUT2D eigenvalue weighted by Crippen LogP contribution is 2.32. The van der Waals surface area contributed by atoms with Gasteiger partial charge in [0.25, 0.3) is 6.29 Å². The summed E-state index contributed by atoms with van der Waals surface area (Å²) in [5.74, 6) is -1.55. The molecular formula is C25H18ClNO6. The maximum atomic E-state index is 13.0. The molecule has 0 fully saturated rings. The molecule has 7 nitrogen and oxygen atoms in total. The summed E-state index contributed by atoms with van der Waals surface area (Å²) in [7, 11) is 1.49. The Morgan fingerprint density at radius 2 is 1.55 bits per heavy atom. The van der Waals surface area contributed by atoms with Crippen LogP contribution in [0.3, 0.4) is 0 Å². The molecule has 166 valence electrons. The van der Waals surface area contributed by atoms with Crippen molar-refractivity contribution < 1.29 is 28.6 Å². The van der Waals surface area contributed by atoms with E-state index in [-0.39, 0.29) is 27.6 Å². The number of carbonyl (C=O) groups excluding carboxylic acids is 3. The van der Waals surface area contributed by atoms with Crippen LogP contribution in [0.1, 0.15) is 26.3 Å². The molecule has 0 saturated carbocycles. The molecule has 1 heterocycles. The summed E-state index contributed by atoms with van der Waals surface area (Å²) in [6.07, 6.45) is -1.43. The highest BCUT2D eigenvalue weighted by Gasteiger charge is 2.37. The van der Waals surface area contributed by atoms with Gasteiger partial charge < -0.3 is 19.5 Å². The van der Waals surface area contributed by atoms with Crippen molar-refractivity contribution in [3.63, 3.8) is 0 Å². The smallest absolute Gasteiger partial charge is 0.355 e. The second kappa shape index (κ2) is 9.58. The van der Waals surface area contributed by atoms with Gasteiger partial charge in [0, 0.05) is 11.1 Å². The SMILES string of the molecule is COc1ccccc1NC1=C(Cl)C(=O)OC1OC(=O)c1ccccc1C(=O)c1ccccc1. The molecule has 8 heteroatoms. The Bertz CT molecular complexity index is 1250. The van der Waals surface area contributed by atoms with Crippen molar-refractivity contribution in [1.82, 2.24) is 0 Å². The number of anilines is 1. The van der Waals surface area contributed by atoms with Gasteiger partial charge in [0.15, 0.2) is 10.8 Å². The lowest BCUT2D eigenvalue weighted by atomic mass is 9.98. The first kappa shape index (κ1) is 22.1. The van der Waals surface area contributed by atoms with E-state index in [1.807, 2.05) is 0 Å². The standard InChI is InChI=1S/C25H18ClNO6/c1-31-19-14-8-7-13-18(19)27-21-20(26)24(30)33-25(21)32-23(29)17-12-6-5-11-16(17)22(28)15-9-3-2-4-10-15/h2-14,25,27H,1H3. The molecule has 0 amide bonds. The van der Waals surface area contributed by atoms with Gasteiger partial charge in [0.2, 0.25) is 0 Å². The fraction of sp³-hybridized carbons (Fsp3) is 0.0800. The van der Waals surface area contributed by atoms with Crippen molar-refractivity contribution in [2.24, 2.45) is 0 Å². The number of para-hydroxylation sites is 2. The molecule has 0 saturated heterocycles. The van der Waals surface area contributed by atoms with Crippen LogP contribution in [0.4, 0.5) is 5.69 Å². The predicted molar refractivity (Wildman–Crippen MR) is 121 cm³/mol. The molecule has 0 aromatic heterocycles. The number of rotatable bonds is 7. The van der Waals surface area contributed by atoms with Gasteiger partial charge in [0.05, 0.1) is 18.4 Å². The van der Waals surface area contributed by atoms with Crippen LogP contribution >= 0.6 is 11.6 Å². The van der Waals surface area contributed by atoms with Gasteiger partial charge in [0.1, 0.15) is 11.4 Å². The second-order valence-corrected chi connectivity index (χ2v) is 7.31. The van der Waals surface area contributed by atoms with Crippen LogP contribution in [-0.2, 0) is 14.3 Å².